The number of thioether (sulfide) groups is 1. The van der Waals surface area contributed by atoms with Crippen molar-refractivity contribution in [1.29, 1.82) is 0 Å². The Morgan fingerprint density at radius 1 is 1.27 bits per heavy atom. The average molecular weight is 321 g/mol. The highest BCUT2D eigenvalue weighted by Gasteiger charge is 2.30. The lowest BCUT2D eigenvalue weighted by molar-refractivity contribution is 0.219. The van der Waals surface area contributed by atoms with E-state index in [0.717, 1.165) is 5.56 Å². The molecule has 0 amide bonds. The van der Waals surface area contributed by atoms with Crippen LogP contribution in [0.15, 0.2) is 28.7 Å². The fraction of sp³-hybridized carbons (Fsp3) is 0.500. The van der Waals surface area contributed by atoms with Gasteiger partial charge in [-0.3, -0.25) is 4.90 Å². The molecule has 0 unspecified atom stereocenters. The molecular formula is C16H20FN3OS. The predicted octanol–water partition coefficient (Wildman–Crippen LogP) is 3.59. The molecular weight excluding hydrogens is 301 g/mol. The molecule has 0 bridgehead atoms. The van der Waals surface area contributed by atoms with Crippen molar-refractivity contribution in [2.75, 3.05) is 13.3 Å². The van der Waals surface area contributed by atoms with Crippen molar-refractivity contribution < 1.29 is 8.81 Å². The largest absolute Gasteiger partial charge is 0.419 e. The van der Waals surface area contributed by atoms with Gasteiger partial charge in [-0.25, -0.2) is 4.39 Å². The number of halogens is 1. The van der Waals surface area contributed by atoms with E-state index in [0.29, 0.717) is 29.6 Å². The van der Waals surface area contributed by atoms with E-state index in [1.807, 2.05) is 11.8 Å². The fourth-order valence-corrected chi connectivity index (χ4v) is 4.10. The van der Waals surface area contributed by atoms with Crippen molar-refractivity contribution in [3.05, 3.63) is 36.0 Å². The van der Waals surface area contributed by atoms with Crippen LogP contribution in [0.3, 0.4) is 0 Å². The topological polar surface area (TPSA) is 42.2 Å². The van der Waals surface area contributed by atoms with E-state index in [9.17, 15) is 4.39 Å². The van der Waals surface area contributed by atoms with Crippen molar-refractivity contribution in [3.8, 4) is 11.5 Å². The molecule has 1 heterocycles. The molecule has 0 N–H and O–H groups in total. The molecule has 118 valence electrons. The third kappa shape index (κ3) is 3.33. The zero-order valence-corrected chi connectivity index (χ0v) is 13.6. The molecule has 2 atom stereocenters. The average Bonchev–Trinajstić information content (AvgIpc) is 3.16. The summed E-state index contributed by atoms with van der Waals surface area (Å²) in [5, 5.41) is 8.87. The summed E-state index contributed by atoms with van der Waals surface area (Å²) in [5.74, 6) is 0.775. The summed E-state index contributed by atoms with van der Waals surface area (Å²) in [6, 6.07) is 6.66. The van der Waals surface area contributed by atoms with E-state index in [2.05, 4.69) is 28.4 Å². The first-order chi connectivity index (χ1) is 10.7. The lowest BCUT2D eigenvalue weighted by Crippen LogP contribution is -2.35. The molecule has 22 heavy (non-hydrogen) atoms. The monoisotopic (exact) mass is 321 g/mol. The molecule has 0 radical (unpaired) electrons. The standard InChI is InChI=1S/C16H20FN3OS/c1-20(13-4-3-5-14(13)22-2)10-15-18-19-16(21-15)11-6-8-12(17)9-7-11/h6-9,13-14H,3-5,10H2,1-2H3/t13-,14-/m1/s1. The first-order valence-electron chi connectivity index (χ1n) is 7.48. The van der Waals surface area contributed by atoms with Gasteiger partial charge in [0.2, 0.25) is 11.8 Å². The molecule has 0 spiro atoms. The molecule has 1 aliphatic carbocycles. The van der Waals surface area contributed by atoms with Crippen LogP contribution in [0.4, 0.5) is 4.39 Å². The highest BCUT2D eigenvalue weighted by molar-refractivity contribution is 7.99. The van der Waals surface area contributed by atoms with Crippen LogP contribution in [0, 0.1) is 5.82 Å². The molecule has 1 saturated carbocycles. The van der Waals surface area contributed by atoms with Crippen molar-refractivity contribution in [2.24, 2.45) is 0 Å². The second-order valence-electron chi connectivity index (χ2n) is 5.70. The maximum Gasteiger partial charge on any atom is 0.247 e. The SMILES string of the molecule is CS[C@@H]1CCC[C@H]1N(C)Cc1nnc(-c2ccc(F)cc2)o1. The summed E-state index contributed by atoms with van der Waals surface area (Å²) >= 11 is 1.94. The molecule has 6 heteroatoms. The van der Waals surface area contributed by atoms with E-state index < -0.39 is 0 Å². The summed E-state index contributed by atoms with van der Waals surface area (Å²) in [4.78, 5) is 2.30. The smallest absolute Gasteiger partial charge is 0.247 e. The van der Waals surface area contributed by atoms with Gasteiger partial charge in [-0.15, -0.1) is 10.2 Å². The van der Waals surface area contributed by atoms with Crippen LogP contribution < -0.4 is 0 Å². The fourth-order valence-electron chi connectivity index (χ4n) is 3.04. The second-order valence-corrected chi connectivity index (χ2v) is 6.77. The van der Waals surface area contributed by atoms with Gasteiger partial charge in [0.15, 0.2) is 0 Å². The normalized spacial score (nSPS) is 21.6. The number of rotatable bonds is 5. The van der Waals surface area contributed by atoms with E-state index in [-0.39, 0.29) is 5.82 Å². The third-order valence-electron chi connectivity index (χ3n) is 4.23. The van der Waals surface area contributed by atoms with Crippen LogP contribution >= 0.6 is 11.8 Å². The molecule has 2 aromatic rings. The van der Waals surface area contributed by atoms with Crippen LogP contribution in [0.5, 0.6) is 0 Å². The summed E-state index contributed by atoms with van der Waals surface area (Å²) in [5.41, 5.74) is 0.741. The Morgan fingerprint density at radius 2 is 2.05 bits per heavy atom. The van der Waals surface area contributed by atoms with E-state index in [4.69, 9.17) is 4.42 Å². The van der Waals surface area contributed by atoms with Crippen LogP contribution in [-0.4, -0.2) is 39.7 Å². The first kappa shape index (κ1) is 15.5. The van der Waals surface area contributed by atoms with E-state index in [1.54, 1.807) is 12.1 Å². The Labute approximate surface area is 134 Å². The van der Waals surface area contributed by atoms with Crippen molar-refractivity contribution in [2.45, 2.75) is 37.1 Å². The Kier molecular flexibility index (Phi) is 4.78. The number of nitrogens with zero attached hydrogens (tertiary/aromatic N) is 3. The molecule has 0 aliphatic heterocycles. The first-order valence-corrected chi connectivity index (χ1v) is 8.77. The Balaban J connectivity index is 1.67. The predicted molar refractivity (Wildman–Crippen MR) is 86.1 cm³/mol. The van der Waals surface area contributed by atoms with Gasteiger partial charge in [0, 0.05) is 16.9 Å². The van der Waals surface area contributed by atoms with Crippen LogP contribution in [0.1, 0.15) is 25.2 Å². The summed E-state index contributed by atoms with van der Waals surface area (Å²) in [6.07, 6.45) is 5.96. The zero-order chi connectivity index (χ0) is 15.5. The van der Waals surface area contributed by atoms with Crippen LogP contribution in [-0.2, 0) is 6.54 Å². The summed E-state index contributed by atoms with van der Waals surface area (Å²) in [7, 11) is 2.11. The maximum absolute atomic E-state index is 12.9. The lowest BCUT2D eigenvalue weighted by atomic mass is 10.2. The Bertz CT molecular complexity index is 616. The Hall–Kier alpha value is -1.40. The molecule has 1 aliphatic rings. The summed E-state index contributed by atoms with van der Waals surface area (Å²) in [6.45, 7) is 0.649. The van der Waals surface area contributed by atoms with Gasteiger partial charge < -0.3 is 4.42 Å². The van der Waals surface area contributed by atoms with Gasteiger partial charge in [-0.1, -0.05) is 6.42 Å². The van der Waals surface area contributed by atoms with Crippen molar-refractivity contribution >= 4 is 11.8 Å². The van der Waals surface area contributed by atoms with Crippen molar-refractivity contribution in [1.82, 2.24) is 15.1 Å². The summed E-state index contributed by atoms with van der Waals surface area (Å²) < 4.78 is 18.7. The van der Waals surface area contributed by atoms with E-state index in [1.165, 1.54) is 31.4 Å². The zero-order valence-electron chi connectivity index (χ0n) is 12.8. The second kappa shape index (κ2) is 6.79. The minimum absolute atomic E-state index is 0.271. The van der Waals surface area contributed by atoms with Gasteiger partial charge >= 0.3 is 0 Å². The molecule has 1 aromatic carbocycles. The van der Waals surface area contributed by atoms with Gasteiger partial charge in [-0.05, 0) is 50.4 Å². The van der Waals surface area contributed by atoms with Crippen LogP contribution in [0.2, 0.25) is 0 Å². The third-order valence-corrected chi connectivity index (χ3v) is 5.38. The van der Waals surface area contributed by atoms with Gasteiger partial charge in [0.05, 0.1) is 6.54 Å². The quantitative estimate of drug-likeness (QED) is 0.842. The highest BCUT2D eigenvalue weighted by Crippen LogP contribution is 2.32. The minimum atomic E-state index is -0.271. The lowest BCUT2D eigenvalue weighted by Gasteiger charge is -2.27. The molecule has 1 aromatic heterocycles. The van der Waals surface area contributed by atoms with E-state index >= 15 is 0 Å². The minimum Gasteiger partial charge on any atom is -0.419 e. The van der Waals surface area contributed by atoms with Gasteiger partial charge in [0.25, 0.3) is 0 Å². The van der Waals surface area contributed by atoms with Gasteiger partial charge in [0.1, 0.15) is 5.82 Å². The highest BCUT2D eigenvalue weighted by atomic mass is 32.2. The molecule has 1 fully saturated rings. The molecule has 4 nitrogen and oxygen atoms in total. The Morgan fingerprint density at radius 3 is 2.77 bits per heavy atom. The maximum atomic E-state index is 12.9. The van der Waals surface area contributed by atoms with Crippen molar-refractivity contribution in [3.63, 3.8) is 0 Å². The van der Waals surface area contributed by atoms with Gasteiger partial charge in [-0.2, -0.15) is 11.8 Å². The number of benzene rings is 1. The van der Waals surface area contributed by atoms with Crippen LogP contribution in [0.25, 0.3) is 11.5 Å². The number of aromatic nitrogens is 2. The molecule has 0 saturated heterocycles. The number of hydrogen-bond donors (Lipinski definition) is 0. The number of hydrogen-bond acceptors (Lipinski definition) is 5. The molecule has 3 rings (SSSR count).